The van der Waals surface area contributed by atoms with Crippen molar-refractivity contribution in [2.75, 3.05) is 13.2 Å². The van der Waals surface area contributed by atoms with Gasteiger partial charge in [0.05, 0.1) is 25.4 Å². The molecule has 88 valence electrons. The first-order valence-electron chi connectivity index (χ1n) is 5.90. The molecule has 1 aliphatic heterocycles. The lowest BCUT2D eigenvalue weighted by atomic mass is 10.0. The van der Waals surface area contributed by atoms with Crippen LogP contribution in [0.15, 0.2) is 12.7 Å². The highest BCUT2D eigenvalue weighted by Gasteiger charge is 2.27. The SMILES string of the molecule is C=CCCC(CCC)NC1COCC1O. The van der Waals surface area contributed by atoms with Gasteiger partial charge >= 0.3 is 0 Å². The van der Waals surface area contributed by atoms with E-state index in [1.807, 2.05) is 6.08 Å². The maximum Gasteiger partial charge on any atom is 0.0948 e. The Bertz CT molecular complexity index is 184. The topological polar surface area (TPSA) is 41.5 Å². The van der Waals surface area contributed by atoms with Crippen molar-refractivity contribution in [2.45, 2.75) is 50.8 Å². The molecule has 15 heavy (non-hydrogen) atoms. The van der Waals surface area contributed by atoms with Crippen molar-refractivity contribution in [1.82, 2.24) is 5.32 Å². The second-order valence-corrected chi connectivity index (χ2v) is 4.23. The molecule has 0 spiro atoms. The smallest absolute Gasteiger partial charge is 0.0948 e. The summed E-state index contributed by atoms with van der Waals surface area (Å²) in [7, 11) is 0. The van der Waals surface area contributed by atoms with Gasteiger partial charge < -0.3 is 15.2 Å². The van der Waals surface area contributed by atoms with Crippen LogP contribution in [-0.2, 0) is 4.74 Å². The summed E-state index contributed by atoms with van der Waals surface area (Å²) in [4.78, 5) is 0. The predicted molar refractivity (Wildman–Crippen MR) is 61.9 cm³/mol. The van der Waals surface area contributed by atoms with Gasteiger partial charge in [0, 0.05) is 6.04 Å². The van der Waals surface area contributed by atoms with Crippen molar-refractivity contribution in [3.63, 3.8) is 0 Å². The van der Waals surface area contributed by atoms with E-state index in [2.05, 4.69) is 18.8 Å². The second kappa shape index (κ2) is 6.99. The van der Waals surface area contributed by atoms with Gasteiger partial charge in [0.1, 0.15) is 0 Å². The summed E-state index contributed by atoms with van der Waals surface area (Å²) in [5.74, 6) is 0. The lowest BCUT2D eigenvalue weighted by molar-refractivity contribution is 0.121. The zero-order valence-corrected chi connectivity index (χ0v) is 9.61. The molecule has 0 saturated carbocycles. The molecule has 0 aromatic heterocycles. The molecule has 3 unspecified atom stereocenters. The number of aliphatic hydroxyl groups excluding tert-OH is 1. The van der Waals surface area contributed by atoms with Crippen molar-refractivity contribution < 1.29 is 9.84 Å². The van der Waals surface area contributed by atoms with Gasteiger partial charge in [-0.1, -0.05) is 19.4 Å². The quantitative estimate of drug-likeness (QED) is 0.629. The van der Waals surface area contributed by atoms with Crippen LogP contribution in [0.1, 0.15) is 32.6 Å². The van der Waals surface area contributed by atoms with Crippen LogP contribution in [0.3, 0.4) is 0 Å². The first-order valence-corrected chi connectivity index (χ1v) is 5.90. The molecule has 0 aromatic carbocycles. The standard InChI is InChI=1S/C12H23NO2/c1-3-5-7-10(6-4-2)13-11-8-15-9-12(11)14/h3,10-14H,1,4-9H2,2H3. The maximum atomic E-state index is 9.62. The Labute approximate surface area is 92.5 Å². The van der Waals surface area contributed by atoms with Crippen LogP contribution in [-0.4, -0.2) is 36.5 Å². The largest absolute Gasteiger partial charge is 0.389 e. The highest BCUT2D eigenvalue weighted by atomic mass is 16.5. The Kier molecular flexibility index (Phi) is 5.91. The van der Waals surface area contributed by atoms with Gasteiger partial charge in [-0.15, -0.1) is 6.58 Å². The minimum atomic E-state index is -0.340. The first kappa shape index (κ1) is 12.7. The van der Waals surface area contributed by atoms with Crippen LogP contribution in [0.5, 0.6) is 0 Å². The third kappa shape index (κ3) is 4.33. The van der Waals surface area contributed by atoms with E-state index in [0.29, 0.717) is 19.3 Å². The van der Waals surface area contributed by atoms with E-state index in [9.17, 15) is 5.11 Å². The third-order valence-electron chi connectivity index (χ3n) is 2.86. The normalized spacial score (nSPS) is 27.9. The molecule has 3 nitrogen and oxygen atoms in total. The Morgan fingerprint density at radius 3 is 2.87 bits per heavy atom. The zero-order valence-electron chi connectivity index (χ0n) is 9.61. The molecule has 3 heteroatoms. The van der Waals surface area contributed by atoms with E-state index < -0.39 is 0 Å². The van der Waals surface area contributed by atoms with E-state index in [1.165, 1.54) is 6.42 Å². The number of aliphatic hydroxyl groups is 1. The molecule has 0 aliphatic carbocycles. The van der Waals surface area contributed by atoms with Crippen molar-refractivity contribution in [2.24, 2.45) is 0 Å². The molecule has 0 bridgehead atoms. The number of nitrogens with one attached hydrogen (secondary N) is 1. The molecule has 3 atom stereocenters. The average Bonchev–Trinajstić information content (AvgIpc) is 2.61. The Morgan fingerprint density at radius 2 is 2.33 bits per heavy atom. The summed E-state index contributed by atoms with van der Waals surface area (Å²) in [5.41, 5.74) is 0. The molecule has 0 radical (unpaired) electrons. The Morgan fingerprint density at radius 1 is 1.53 bits per heavy atom. The molecular weight excluding hydrogens is 190 g/mol. The molecule has 1 saturated heterocycles. The number of allylic oxidation sites excluding steroid dienone is 1. The number of hydrogen-bond donors (Lipinski definition) is 2. The summed E-state index contributed by atoms with van der Waals surface area (Å²) in [6, 6.07) is 0.598. The maximum absolute atomic E-state index is 9.62. The molecule has 1 fully saturated rings. The first-order chi connectivity index (χ1) is 7.27. The number of hydrogen-bond acceptors (Lipinski definition) is 3. The summed E-state index contributed by atoms with van der Waals surface area (Å²) in [5, 5.41) is 13.1. The summed E-state index contributed by atoms with van der Waals surface area (Å²) < 4.78 is 5.22. The molecule has 1 heterocycles. The minimum absolute atomic E-state index is 0.117. The van der Waals surface area contributed by atoms with Gasteiger partial charge in [0.25, 0.3) is 0 Å². The number of ether oxygens (including phenoxy) is 1. The van der Waals surface area contributed by atoms with Crippen LogP contribution < -0.4 is 5.32 Å². The van der Waals surface area contributed by atoms with E-state index in [-0.39, 0.29) is 12.1 Å². The van der Waals surface area contributed by atoms with Gasteiger partial charge in [0.2, 0.25) is 0 Å². The Hall–Kier alpha value is -0.380. The lowest BCUT2D eigenvalue weighted by Gasteiger charge is -2.23. The van der Waals surface area contributed by atoms with Crippen molar-refractivity contribution >= 4 is 0 Å². The van der Waals surface area contributed by atoms with Crippen LogP contribution in [0.2, 0.25) is 0 Å². The van der Waals surface area contributed by atoms with E-state index >= 15 is 0 Å². The molecule has 1 rings (SSSR count). The predicted octanol–water partition coefficient (Wildman–Crippen LogP) is 1.47. The highest BCUT2D eigenvalue weighted by Crippen LogP contribution is 2.11. The fourth-order valence-corrected chi connectivity index (χ4v) is 1.98. The van der Waals surface area contributed by atoms with Crippen LogP contribution in [0.4, 0.5) is 0 Å². The summed E-state index contributed by atoms with van der Waals surface area (Å²) in [6.07, 6.45) is 6.05. The van der Waals surface area contributed by atoms with Gasteiger partial charge in [-0.25, -0.2) is 0 Å². The summed E-state index contributed by atoms with van der Waals surface area (Å²) in [6.45, 7) is 7.03. The molecule has 1 aliphatic rings. The van der Waals surface area contributed by atoms with Gasteiger partial charge in [-0.3, -0.25) is 0 Å². The zero-order chi connectivity index (χ0) is 11.1. The van der Waals surface area contributed by atoms with Gasteiger partial charge in [0.15, 0.2) is 0 Å². The van der Waals surface area contributed by atoms with E-state index in [4.69, 9.17) is 4.74 Å². The van der Waals surface area contributed by atoms with Crippen LogP contribution in [0, 0.1) is 0 Å². The Balaban J connectivity index is 2.31. The molecule has 0 amide bonds. The molecule has 2 N–H and O–H groups in total. The lowest BCUT2D eigenvalue weighted by Crippen LogP contribution is -2.44. The van der Waals surface area contributed by atoms with Crippen molar-refractivity contribution in [1.29, 1.82) is 0 Å². The molecule has 0 aromatic rings. The second-order valence-electron chi connectivity index (χ2n) is 4.23. The van der Waals surface area contributed by atoms with Crippen molar-refractivity contribution in [3.8, 4) is 0 Å². The fourth-order valence-electron chi connectivity index (χ4n) is 1.98. The summed E-state index contributed by atoms with van der Waals surface area (Å²) >= 11 is 0. The fraction of sp³-hybridized carbons (Fsp3) is 0.833. The monoisotopic (exact) mass is 213 g/mol. The van der Waals surface area contributed by atoms with E-state index in [0.717, 1.165) is 19.3 Å². The van der Waals surface area contributed by atoms with Gasteiger partial charge in [-0.2, -0.15) is 0 Å². The van der Waals surface area contributed by atoms with Crippen LogP contribution in [0.25, 0.3) is 0 Å². The minimum Gasteiger partial charge on any atom is -0.389 e. The average molecular weight is 213 g/mol. The van der Waals surface area contributed by atoms with Gasteiger partial charge in [-0.05, 0) is 19.3 Å². The molecular formula is C12H23NO2. The van der Waals surface area contributed by atoms with Crippen molar-refractivity contribution in [3.05, 3.63) is 12.7 Å². The third-order valence-corrected chi connectivity index (χ3v) is 2.86. The highest BCUT2D eigenvalue weighted by molar-refractivity contribution is 4.85. The van der Waals surface area contributed by atoms with Crippen LogP contribution >= 0.6 is 0 Å². The van der Waals surface area contributed by atoms with E-state index in [1.54, 1.807) is 0 Å². The number of rotatable bonds is 7.